The monoisotopic (exact) mass is 244 g/mol. The molecule has 0 bridgehead atoms. The molecule has 2 rings (SSSR count). The van der Waals surface area contributed by atoms with Gasteiger partial charge in [-0.1, -0.05) is 23.8 Å². The van der Waals surface area contributed by atoms with Gasteiger partial charge in [0, 0.05) is 25.5 Å². The van der Waals surface area contributed by atoms with Gasteiger partial charge in [-0.25, -0.2) is 0 Å². The molecule has 3 nitrogen and oxygen atoms in total. The minimum absolute atomic E-state index is 0.421. The third kappa shape index (κ3) is 2.71. The first-order chi connectivity index (χ1) is 7.27. The smallest absolute Gasteiger partial charge is 0.124 e. The number of rotatable bonds is 2. The number of hydrogen-bond donors (Lipinski definition) is 2. The van der Waals surface area contributed by atoms with Gasteiger partial charge >= 0.3 is 0 Å². The quantitative estimate of drug-likeness (QED) is 0.786. The Kier molecular flexibility index (Phi) is 3.61. The van der Waals surface area contributed by atoms with Crippen molar-refractivity contribution in [3.63, 3.8) is 0 Å². The largest absolute Gasteiger partial charge is 0.381 e. The zero-order valence-corrected chi connectivity index (χ0v) is 9.83. The average Bonchev–Trinajstić information content (AvgIpc) is 2.26. The molecular formula is C10H13ClN2OS. The van der Waals surface area contributed by atoms with Crippen molar-refractivity contribution in [2.75, 3.05) is 18.5 Å². The molecule has 1 saturated heterocycles. The number of nitrogens with one attached hydrogen (secondary N) is 2. The van der Waals surface area contributed by atoms with E-state index in [1.807, 2.05) is 0 Å². The van der Waals surface area contributed by atoms with Gasteiger partial charge in [0.25, 0.3) is 0 Å². The van der Waals surface area contributed by atoms with E-state index in [0.29, 0.717) is 15.6 Å². The maximum atomic E-state index is 6.08. The molecule has 0 aromatic carbocycles. The summed E-state index contributed by atoms with van der Waals surface area (Å²) in [5.41, 5.74) is 0. The molecule has 0 atom stereocenters. The molecule has 0 radical (unpaired) electrons. The predicted molar refractivity (Wildman–Crippen MR) is 64.1 cm³/mol. The van der Waals surface area contributed by atoms with E-state index in [2.05, 4.69) is 10.3 Å². The standard InChI is InChI=1S/C10H13ClN2OS/c11-9-8(15)1-4-12-10(9)13-7-2-5-14-6-3-7/h1,4,7H,2-3,5-6H2,(H2,12,13,15). The molecule has 2 N–H and O–H groups in total. The average molecular weight is 245 g/mol. The Hall–Kier alpha value is -0.580. The molecule has 0 saturated carbocycles. The number of hydrogen-bond acceptors (Lipinski definition) is 3. The van der Waals surface area contributed by atoms with Crippen LogP contribution in [-0.2, 0) is 4.74 Å². The van der Waals surface area contributed by atoms with Crippen LogP contribution in [0.25, 0.3) is 0 Å². The highest BCUT2D eigenvalue weighted by Crippen LogP contribution is 2.22. The first-order valence-corrected chi connectivity index (χ1v) is 5.77. The lowest BCUT2D eigenvalue weighted by molar-refractivity contribution is 0.0904. The number of anilines is 1. The minimum Gasteiger partial charge on any atom is -0.381 e. The van der Waals surface area contributed by atoms with Crippen molar-refractivity contribution in [2.45, 2.75) is 18.9 Å². The fraction of sp³-hybridized carbons (Fsp3) is 0.500. The van der Waals surface area contributed by atoms with Crippen molar-refractivity contribution in [2.24, 2.45) is 0 Å². The summed E-state index contributed by atoms with van der Waals surface area (Å²) in [6.07, 6.45) is 3.81. The van der Waals surface area contributed by atoms with Crippen LogP contribution in [0.1, 0.15) is 12.8 Å². The summed E-state index contributed by atoms with van der Waals surface area (Å²) >= 11 is 11.2. The Morgan fingerprint density at radius 1 is 1.47 bits per heavy atom. The van der Waals surface area contributed by atoms with Crippen LogP contribution in [0.4, 0.5) is 5.82 Å². The van der Waals surface area contributed by atoms with Crippen LogP contribution in [0.2, 0.25) is 5.02 Å². The fourth-order valence-electron chi connectivity index (χ4n) is 1.61. The summed E-state index contributed by atoms with van der Waals surface area (Å²) in [4.78, 5) is 3.07. The van der Waals surface area contributed by atoms with Gasteiger partial charge in [0.05, 0.1) is 9.53 Å². The van der Waals surface area contributed by atoms with Crippen LogP contribution >= 0.6 is 23.8 Å². The van der Waals surface area contributed by atoms with E-state index in [1.165, 1.54) is 0 Å². The van der Waals surface area contributed by atoms with Gasteiger partial charge in [-0.3, -0.25) is 0 Å². The van der Waals surface area contributed by atoms with Gasteiger partial charge in [-0.15, -0.1) is 0 Å². The van der Waals surface area contributed by atoms with E-state index in [-0.39, 0.29) is 0 Å². The van der Waals surface area contributed by atoms with E-state index < -0.39 is 0 Å². The van der Waals surface area contributed by atoms with Gasteiger partial charge in [0.15, 0.2) is 0 Å². The second-order valence-corrected chi connectivity index (χ2v) is 4.38. The molecule has 2 heterocycles. The highest BCUT2D eigenvalue weighted by molar-refractivity contribution is 7.71. The summed E-state index contributed by atoms with van der Waals surface area (Å²) in [5.74, 6) is 0.816. The van der Waals surface area contributed by atoms with Gasteiger partial charge in [-0.05, 0) is 18.9 Å². The van der Waals surface area contributed by atoms with Crippen molar-refractivity contribution < 1.29 is 4.74 Å². The van der Waals surface area contributed by atoms with Crippen molar-refractivity contribution in [3.8, 4) is 0 Å². The van der Waals surface area contributed by atoms with Crippen LogP contribution in [0.5, 0.6) is 0 Å². The topological polar surface area (TPSA) is 37.0 Å². The first kappa shape index (κ1) is 10.9. The Balaban J connectivity index is 2.09. The summed E-state index contributed by atoms with van der Waals surface area (Å²) in [7, 11) is 0. The fourth-order valence-corrected chi connectivity index (χ4v) is 1.95. The second-order valence-electron chi connectivity index (χ2n) is 3.56. The van der Waals surface area contributed by atoms with E-state index in [4.69, 9.17) is 28.6 Å². The highest BCUT2D eigenvalue weighted by Gasteiger charge is 2.14. The minimum atomic E-state index is 0.421. The predicted octanol–water partition coefficient (Wildman–Crippen LogP) is 2.99. The first-order valence-electron chi connectivity index (χ1n) is 4.99. The molecular weight excluding hydrogens is 232 g/mol. The number of ether oxygens (including phenoxy) is 1. The molecule has 1 aliphatic heterocycles. The van der Waals surface area contributed by atoms with E-state index in [1.54, 1.807) is 12.3 Å². The molecule has 5 heteroatoms. The third-order valence-corrected chi connectivity index (χ3v) is 3.31. The molecule has 0 spiro atoms. The lowest BCUT2D eigenvalue weighted by Gasteiger charge is -2.24. The molecule has 1 aliphatic rings. The lowest BCUT2D eigenvalue weighted by Crippen LogP contribution is -2.28. The lowest BCUT2D eigenvalue weighted by atomic mass is 10.1. The van der Waals surface area contributed by atoms with Crippen molar-refractivity contribution in [3.05, 3.63) is 21.8 Å². The Morgan fingerprint density at radius 2 is 2.20 bits per heavy atom. The molecule has 0 aliphatic carbocycles. The van der Waals surface area contributed by atoms with Crippen LogP contribution < -0.4 is 5.32 Å². The van der Waals surface area contributed by atoms with Gasteiger partial charge in [0.1, 0.15) is 5.82 Å². The number of pyridine rings is 1. The van der Waals surface area contributed by atoms with Crippen molar-refractivity contribution >= 4 is 29.6 Å². The zero-order valence-electron chi connectivity index (χ0n) is 8.25. The van der Waals surface area contributed by atoms with Gasteiger partial charge < -0.3 is 15.0 Å². The van der Waals surface area contributed by atoms with E-state index in [9.17, 15) is 0 Å². The normalized spacial score (nSPS) is 17.7. The van der Waals surface area contributed by atoms with Crippen LogP contribution in [0.15, 0.2) is 12.3 Å². The maximum absolute atomic E-state index is 6.08. The summed E-state index contributed by atoms with van der Waals surface area (Å²) in [5, 5.41) is 3.95. The molecule has 0 unspecified atom stereocenters. The highest BCUT2D eigenvalue weighted by atomic mass is 35.5. The number of halogens is 1. The van der Waals surface area contributed by atoms with Crippen molar-refractivity contribution in [1.82, 2.24) is 4.98 Å². The number of aromatic amines is 1. The Labute approximate surface area is 98.8 Å². The summed E-state index contributed by atoms with van der Waals surface area (Å²) < 4.78 is 5.96. The third-order valence-electron chi connectivity index (χ3n) is 2.47. The van der Waals surface area contributed by atoms with Gasteiger partial charge in [0.2, 0.25) is 0 Å². The van der Waals surface area contributed by atoms with Gasteiger partial charge in [-0.2, -0.15) is 0 Å². The van der Waals surface area contributed by atoms with E-state index >= 15 is 0 Å². The number of H-pyrrole nitrogens is 1. The van der Waals surface area contributed by atoms with Crippen LogP contribution in [-0.4, -0.2) is 24.2 Å². The molecule has 15 heavy (non-hydrogen) atoms. The Bertz CT molecular complexity index is 387. The van der Waals surface area contributed by atoms with Crippen molar-refractivity contribution in [1.29, 1.82) is 0 Å². The molecule has 82 valence electrons. The molecule has 0 amide bonds. The molecule has 1 aromatic rings. The SMILES string of the molecule is S=c1cc[nH]c(NC2CCOCC2)c1Cl. The summed E-state index contributed by atoms with van der Waals surface area (Å²) in [6, 6.07) is 2.21. The zero-order chi connectivity index (χ0) is 10.7. The molecule has 1 fully saturated rings. The van der Waals surface area contributed by atoms with E-state index in [0.717, 1.165) is 31.9 Å². The Morgan fingerprint density at radius 3 is 2.93 bits per heavy atom. The molecule has 1 aromatic heterocycles. The second kappa shape index (κ2) is 4.96. The number of aromatic nitrogens is 1. The van der Waals surface area contributed by atoms with Crippen LogP contribution in [0.3, 0.4) is 0 Å². The summed E-state index contributed by atoms with van der Waals surface area (Å²) in [6.45, 7) is 1.62. The maximum Gasteiger partial charge on any atom is 0.124 e. The van der Waals surface area contributed by atoms with Crippen LogP contribution in [0, 0.1) is 4.51 Å².